The number of nitrogens with one attached hydrogen (secondary N) is 1. The number of rotatable bonds is 7. The number of hydrogen-bond acceptors (Lipinski definition) is 4. The molecule has 0 saturated carbocycles. The molecule has 1 N–H and O–H groups in total. The Bertz CT molecular complexity index is 1330. The molecule has 3 amide bonds. The number of anilines is 2. The van der Waals surface area contributed by atoms with E-state index in [-0.39, 0.29) is 17.9 Å². The van der Waals surface area contributed by atoms with Crippen molar-refractivity contribution in [2.45, 2.75) is 51.4 Å². The fraction of sp³-hybridized carbons (Fsp3) is 0.364. The van der Waals surface area contributed by atoms with Crippen LogP contribution in [0.2, 0.25) is 0 Å². The van der Waals surface area contributed by atoms with Gasteiger partial charge in [-0.25, -0.2) is 4.79 Å². The van der Waals surface area contributed by atoms with Crippen LogP contribution in [-0.4, -0.2) is 49.0 Å². The van der Waals surface area contributed by atoms with Crippen LogP contribution in [0.1, 0.15) is 72.0 Å². The third-order valence-electron chi connectivity index (χ3n) is 7.86. The molecule has 0 aromatic heterocycles. The summed E-state index contributed by atoms with van der Waals surface area (Å²) in [6.07, 6.45) is 2.59. The van der Waals surface area contributed by atoms with Crippen LogP contribution in [0.15, 0.2) is 72.8 Å². The number of amides is 3. The Balaban J connectivity index is 1.10. The van der Waals surface area contributed by atoms with Crippen molar-refractivity contribution in [3.05, 3.63) is 95.1 Å². The molecule has 2 heterocycles. The summed E-state index contributed by atoms with van der Waals surface area (Å²) in [5, 5.41) is 3.00. The molecule has 5 rings (SSSR count). The molecule has 3 aromatic rings. The van der Waals surface area contributed by atoms with E-state index < -0.39 is 0 Å². The third kappa shape index (κ3) is 6.53. The summed E-state index contributed by atoms with van der Waals surface area (Å²) in [6.45, 7) is 6.78. The zero-order chi connectivity index (χ0) is 28.1. The van der Waals surface area contributed by atoms with Gasteiger partial charge >= 0.3 is 6.09 Å². The maximum atomic E-state index is 13.1. The molecular formula is C33H37N3O4. The molecule has 0 atom stereocenters. The van der Waals surface area contributed by atoms with Crippen LogP contribution in [-0.2, 0) is 16.0 Å². The topological polar surface area (TPSA) is 79.0 Å². The number of nitrogens with zero attached hydrogens (tertiary/aromatic N) is 2. The number of piperidine rings is 1. The highest BCUT2D eigenvalue weighted by Crippen LogP contribution is 2.30. The van der Waals surface area contributed by atoms with Gasteiger partial charge in [-0.3, -0.25) is 14.5 Å². The van der Waals surface area contributed by atoms with Crippen LogP contribution < -0.4 is 10.2 Å². The van der Waals surface area contributed by atoms with Crippen molar-refractivity contribution in [3.63, 3.8) is 0 Å². The minimum atomic E-state index is -0.338. The van der Waals surface area contributed by atoms with Gasteiger partial charge in [-0.05, 0) is 84.2 Å². The van der Waals surface area contributed by atoms with Crippen molar-refractivity contribution in [3.8, 4) is 0 Å². The van der Waals surface area contributed by atoms with Crippen molar-refractivity contribution < 1.29 is 19.1 Å². The number of benzene rings is 3. The summed E-state index contributed by atoms with van der Waals surface area (Å²) < 4.78 is 5.11. The Hall–Kier alpha value is -4.13. The predicted octanol–water partition coefficient (Wildman–Crippen LogP) is 6.36. The molecule has 2 fully saturated rings. The van der Waals surface area contributed by atoms with E-state index in [1.54, 1.807) is 17.0 Å². The Kier molecular flexibility index (Phi) is 8.48. The van der Waals surface area contributed by atoms with E-state index in [1.807, 2.05) is 41.3 Å². The number of hydrogen-bond donors (Lipinski definition) is 1. The lowest BCUT2D eigenvalue weighted by atomic mass is 9.89. The van der Waals surface area contributed by atoms with E-state index in [9.17, 15) is 14.4 Å². The standard InChI is InChI=1S/C33H37N3O4/c1-23(2)25-6-4-24(5-7-25)22-31(37)34-29-12-8-26(9-13-29)27-16-19-35(20-17-27)32(38)28-10-14-30(15-11-28)36-18-3-21-40-33(36)39/h4-15,23,27H,3,16-22H2,1-2H3,(H,34,37). The SMILES string of the molecule is CC(C)c1ccc(CC(=O)Nc2ccc(C3CCN(C(=O)c4ccc(N5CCCOC5=O)cc4)CC3)cc2)cc1. The summed E-state index contributed by atoms with van der Waals surface area (Å²) in [5.41, 5.74) is 5.67. The van der Waals surface area contributed by atoms with Gasteiger partial charge in [0.25, 0.3) is 5.91 Å². The van der Waals surface area contributed by atoms with E-state index in [0.717, 1.165) is 36.2 Å². The van der Waals surface area contributed by atoms with Gasteiger partial charge in [-0.1, -0.05) is 50.2 Å². The van der Waals surface area contributed by atoms with Crippen LogP contribution in [0.5, 0.6) is 0 Å². The van der Waals surface area contributed by atoms with Gasteiger partial charge in [-0.2, -0.15) is 0 Å². The highest BCUT2D eigenvalue weighted by Gasteiger charge is 2.26. The Morgan fingerprint density at radius 3 is 2.20 bits per heavy atom. The van der Waals surface area contributed by atoms with E-state index in [1.165, 1.54) is 11.1 Å². The second-order valence-electron chi connectivity index (χ2n) is 11.0. The third-order valence-corrected chi connectivity index (χ3v) is 7.86. The van der Waals surface area contributed by atoms with Crippen molar-refractivity contribution in [2.24, 2.45) is 0 Å². The van der Waals surface area contributed by atoms with E-state index in [4.69, 9.17) is 4.74 Å². The summed E-state index contributed by atoms with van der Waals surface area (Å²) in [5.74, 6) is 0.839. The Morgan fingerprint density at radius 1 is 0.900 bits per heavy atom. The van der Waals surface area contributed by atoms with E-state index in [2.05, 4.69) is 43.4 Å². The number of likely N-dealkylation sites (tertiary alicyclic amines) is 1. The largest absolute Gasteiger partial charge is 0.449 e. The molecule has 3 aromatic carbocycles. The molecule has 0 radical (unpaired) electrons. The summed E-state index contributed by atoms with van der Waals surface area (Å²) in [4.78, 5) is 41.1. The molecule has 208 valence electrons. The first-order chi connectivity index (χ1) is 19.4. The van der Waals surface area contributed by atoms with E-state index >= 15 is 0 Å². The first-order valence-electron chi connectivity index (χ1n) is 14.2. The fourth-order valence-corrected chi connectivity index (χ4v) is 5.42. The van der Waals surface area contributed by atoms with Crippen LogP contribution in [0.25, 0.3) is 0 Å². The van der Waals surface area contributed by atoms with Gasteiger partial charge in [0, 0.05) is 36.6 Å². The van der Waals surface area contributed by atoms with Crippen LogP contribution >= 0.6 is 0 Å². The van der Waals surface area contributed by atoms with Crippen molar-refractivity contribution in [2.75, 3.05) is 36.5 Å². The Labute approximate surface area is 236 Å². The highest BCUT2D eigenvalue weighted by molar-refractivity contribution is 5.95. The first kappa shape index (κ1) is 27.4. The number of cyclic esters (lactones) is 1. The second kappa shape index (κ2) is 12.4. The van der Waals surface area contributed by atoms with Gasteiger partial charge in [0.05, 0.1) is 13.0 Å². The lowest BCUT2D eigenvalue weighted by Gasteiger charge is -2.32. The van der Waals surface area contributed by atoms with E-state index in [0.29, 0.717) is 50.1 Å². The predicted molar refractivity (Wildman–Crippen MR) is 157 cm³/mol. The van der Waals surface area contributed by atoms with Crippen LogP contribution in [0, 0.1) is 0 Å². The molecule has 7 nitrogen and oxygen atoms in total. The lowest BCUT2D eigenvalue weighted by Crippen LogP contribution is -2.38. The van der Waals surface area contributed by atoms with Crippen LogP contribution in [0.4, 0.5) is 16.2 Å². The molecular weight excluding hydrogens is 502 g/mol. The van der Waals surface area contributed by atoms with Gasteiger partial charge < -0.3 is 15.0 Å². The average Bonchev–Trinajstić information content (AvgIpc) is 2.98. The second-order valence-corrected chi connectivity index (χ2v) is 11.0. The summed E-state index contributed by atoms with van der Waals surface area (Å²) >= 11 is 0. The van der Waals surface area contributed by atoms with Crippen molar-refractivity contribution in [1.82, 2.24) is 4.90 Å². The number of carbonyl (C=O) groups is 3. The lowest BCUT2D eigenvalue weighted by molar-refractivity contribution is -0.115. The zero-order valence-corrected chi connectivity index (χ0v) is 23.3. The minimum absolute atomic E-state index is 0.0168. The molecule has 40 heavy (non-hydrogen) atoms. The monoisotopic (exact) mass is 539 g/mol. The molecule has 2 saturated heterocycles. The quantitative estimate of drug-likeness (QED) is 0.379. The normalized spacial score (nSPS) is 16.1. The van der Waals surface area contributed by atoms with Gasteiger partial charge in [0.2, 0.25) is 5.91 Å². The molecule has 2 aliphatic rings. The number of ether oxygens (including phenoxy) is 1. The van der Waals surface area contributed by atoms with Gasteiger partial charge in [0.15, 0.2) is 0 Å². The molecule has 7 heteroatoms. The summed E-state index contributed by atoms with van der Waals surface area (Å²) in [6, 6.07) is 23.5. The Morgan fingerprint density at radius 2 is 1.57 bits per heavy atom. The molecule has 0 spiro atoms. The van der Waals surface area contributed by atoms with Gasteiger partial charge in [-0.15, -0.1) is 0 Å². The summed E-state index contributed by atoms with van der Waals surface area (Å²) in [7, 11) is 0. The van der Waals surface area contributed by atoms with Crippen molar-refractivity contribution >= 4 is 29.3 Å². The smallest absolute Gasteiger partial charge is 0.414 e. The molecule has 0 aliphatic carbocycles. The first-order valence-corrected chi connectivity index (χ1v) is 14.2. The molecule has 0 unspecified atom stereocenters. The van der Waals surface area contributed by atoms with Crippen LogP contribution in [0.3, 0.4) is 0 Å². The highest BCUT2D eigenvalue weighted by atomic mass is 16.6. The molecule has 0 bridgehead atoms. The molecule has 2 aliphatic heterocycles. The van der Waals surface area contributed by atoms with Crippen molar-refractivity contribution in [1.29, 1.82) is 0 Å². The fourth-order valence-electron chi connectivity index (χ4n) is 5.42. The maximum absolute atomic E-state index is 13.1. The zero-order valence-electron chi connectivity index (χ0n) is 23.3. The maximum Gasteiger partial charge on any atom is 0.414 e. The minimum Gasteiger partial charge on any atom is -0.449 e. The van der Waals surface area contributed by atoms with Gasteiger partial charge in [0.1, 0.15) is 0 Å². The average molecular weight is 540 g/mol. The number of carbonyl (C=O) groups excluding carboxylic acids is 3.